The lowest BCUT2D eigenvalue weighted by molar-refractivity contribution is -0.141. The summed E-state index contributed by atoms with van der Waals surface area (Å²) in [5.41, 5.74) is 0.423. The highest BCUT2D eigenvalue weighted by atomic mass is 32.1. The quantitative estimate of drug-likeness (QED) is 0.856. The molecule has 11 heteroatoms. The van der Waals surface area contributed by atoms with Crippen LogP contribution in [0, 0.1) is 0 Å². The number of anilines is 1. The van der Waals surface area contributed by atoms with E-state index in [1.54, 1.807) is 11.7 Å². The first-order chi connectivity index (χ1) is 10.8. The molecule has 0 bridgehead atoms. The summed E-state index contributed by atoms with van der Waals surface area (Å²) >= 11 is 1.32. The van der Waals surface area contributed by atoms with Gasteiger partial charge in [0, 0.05) is 30.6 Å². The molecule has 0 radical (unpaired) electrons. The SMILES string of the molecule is Cn1nc(C(F)(F)F)cc1N1C(=O)NC(Cc2cncs2)C1=O. The van der Waals surface area contributed by atoms with Crippen molar-refractivity contribution in [3.8, 4) is 0 Å². The van der Waals surface area contributed by atoms with E-state index in [1.165, 1.54) is 18.4 Å². The number of aryl methyl sites for hydroxylation is 1. The lowest BCUT2D eigenvalue weighted by Crippen LogP contribution is -2.33. The van der Waals surface area contributed by atoms with E-state index in [1.807, 2.05) is 0 Å². The molecule has 0 aromatic carbocycles. The van der Waals surface area contributed by atoms with Crippen LogP contribution in [0.2, 0.25) is 0 Å². The number of nitrogens with zero attached hydrogens (tertiary/aromatic N) is 4. The topological polar surface area (TPSA) is 80.1 Å². The van der Waals surface area contributed by atoms with Crippen LogP contribution in [0.4, 0.5) is 23.8 Å². The lowest BCUT2D eigenvalue weighted by Gasteiger charge is -2.12. The molecule has 1 N–H and O–H groups in total. The van der Waals surface area contributed by atoms with Gasteiger partial charge in [0.25, 0.3) is 5.91 Å². The van der Waals surface area contributed by atoms with Crippen molar-refractivity contribution in [2.75, 3.05) is 4.90 Å². The Hall–Kier alpha value is -2.43. The minimum Gasteiger partial charge on any atom is -0.325 e. The Morgan fingerprint density at radius 1 is 1.39 bits per heavy atom. The predicted octanol–water partition coefficient (Wildman–Crippen LogP) is 1.56. The van der Waals surface area contributed by atoms with Crippen LogP contribution in [0.5, 0.6) is 0 Å². The number of alkyl halides is 3. The number of carbonyl (C=O) groups excluding carboxylic acids is 2. The van der Waals surface area contributed by atoms with Crippen LogP contribution in [-0.2, 0) is 24.4 Å². The van der Waals surface area contributed by atoms with Gasteiger partial charge in [-0.2, -0.15) is 18.3 Å². The summed E-state index contributed by atoms with van der Waals surface area (Å²) < 4.78 is 39.0. The van der Waals surface area contributed by atoms with Crippen LogP contribution in [-0.4, -0.2) is 32.7 Å². The minimum absolute atomic E-state index is 0.230. The largest absolute Gasteiger partial charge is 0.435 e. The average molecular weight is 345 g/mol. The van der Waals surface area contributed by atoms with Gasteiger partial charge in [0.15, 0.2) is 5.69 Å². The zero-order valence-electron chi connectivity index (χ0n) is 11.7. The summed E-state index contributed by atoms with van der Waals surface area (Å²) in [6.45, 7) is 0. The molecule has 1 unspecified atom stereocenters. The van der Waals surface area contributed by atoms with Crippen molar-refractivity contribution < 1.29 is 22.8 Å². The molecule has 1 aliphatic rings. The maximum Gasteiger partial charge on any atom is 0.435 e. The second kappa shape index (κ2) is 5.33. The fourth-order valence-electron chi connectivity index (χ4n) is 2.24. The first kappa shape index (κ1) is 15.5. The van der Waals surface area contributed by atoms with Crippen molar-refractivity contribution >= 4 is 29.1 Å². The zero-order chi connectivity index (χ0) is 16.8. The third kappa shape index (κ3) is 2.79. The van der Waals surface area contributed by atoms with Gasteiger partial charge in [-0.05, 0) is 0 Å². The fourth-order valence-corrected chi connectivity index (χ4v) is 2.88. The molecule has 23 heavy (non-hydrogen) atoms. The van der Waals surface area contributed by atoms with Crippen molar-refractivity contribution in [3.05, 3.63) is 28.3 Å². The van der Waals surface area contributed by atoms with E-state index < -0.39 is 29.9 Å². The molecule has 1 atom stereocenters. The Morgan fingerprint density at radius 2 is 2.13 bits per heavy atom. The molecule has 3 rings (SSSR count). The van der Waals surface area contributed by atoms with Gasteiger partial charge in [0.05, 0.1) is 5.51 Å². The van der Waals surface area contributed by atoms with Gasteiger partial charge >= 0.3 is 12.2 Å². The number of imide groups is 1. The van der Waals surface area contributed by atoms with Crippen LogP contribution in [0.3, 0.4) is 0 Å². The summed E-state index contributed by atoms with van der Waals surface area (Å²) in [6.07, 6.45) is -2.86. The first-order valence-corrected chi connectivity index (χ1v) is 7.28. The normalized spacial score (nSPS) is 18.6. The van der Waals surface area contributed by atoms with Gasteiger partial charge in [-0.1, -0.05) is 0 Å². The van der Waals surface area contributed by atoms with Crippen LogP contribution >= 0.6 is 11.3 Å². The van der Waals surface area contributed by atoms with Gasteiger partial charge in [-0.25, -0.2) is 9.69 Å². The standard InChI is InChI=1S/C12H10F3N5O2S/c1-19-9(3-8(18-19)12(13,14)15)20-10(21)7(17-11(20)22)2-6-4-16-5-23-6/h3-5,7H,2H2,1H3,(H,17,22). The second-order valence-electron chi connectivity index (χ2n) is 4.86. The molecule has 0 spiro atoms. The third-order valence-electron chi connectivity index (χ3n) is 3.28. The maximum atomic E-state index is 12.7. The van der Waals surface area contributed by atoms with Crippen LogP contribution < -0.4 is 10.2 Å². The van der Waals surface area contributed by atoms with Crippen LogP contribution in [0.15, 0.2) is 17.8 Å². The van der Waals surface area contributed by atoms with E-state index in [0.717, 1.165) is 9.56 Å². The van der Waals surface area contributed by atoms with Gasteiger partial charge in [0.1, 0.15) is 11.9 Å². The van der Waals surface area contributed by atoms with Crippen LogP contribution in [0.1, 0.15) is 10.6 Å². The molecule has 3 amide bonds. The molecular formula is C12H10F3N5O2S. The molecule has 0 saturated carbocycles. The zero-order valence-corrected chi connectivity index (χ0v) is 12.5. The van der Waals surface area contributed by atoms with E-state index in [0.29, 0.717) is 11.0 Å². The maximum absolute atomic E-state index is 12.7. The van der Waals surface area contributed by atoms with Gasteiger partial charge in [-0.3, -0.25) is 14.5 Å². The molecule has 7 nitrogen and oxygen atoms in total. The number of hydrogen-bond donors (Lipinski definition) is 1. The highest BCUT2D eigenvalue weighted by molar-refractivity contribution is 7.09. The number of urea groups is 1. The Balaban J connectivity index is 1.87. The molecule has 122 valence electrons. The molecule has 2 aromatic rings. The molecule has 2 aromatic heterocycles. The van der Waals surface area contributed by atoms with E-state index in [9.17, 15) is 22.8 Å². The number of halogens is 3. The Kier molecular flexibility index (Phi) is 3.59. The Morgan fingerprint density at radius 3 is 2.70 bits per heavy atom. The van der Waals surface area contributed by atoms with E-state index in [4.69, 9.17) is 0 Å². The Bertz CT molecular complexity index is 755. The van der Waals surface area contributed by atoms with Gasteiger partial charge < -0.3 is 5.32 Å². The number of rotatable bonds is 3. The van der Waals surface area contributed by atoms with Crippen molar-refractivity contribution in [1.82, 2.24) is 20.1 Å². The Labute approximate surface area is 131 Å². The van der Waals surface area contributed by atoms with Gasteiger partial charge in [-0.15, -0.1) is 11.3 Å². The van der Waals surface area contributed by atoms with Crippen molar-refractivity contribution in [2.24, 2.45) is 7.05 Å². The smallest absolute Gasteiger partial charge is 0.325 e. The molecule has 1 fully saturated rings. The second-order valence-corrected chi connectivity index (χ2v) is 5.83. The highest BCUT2D eigenvalue weighted by Crippen LogP contribution is 2.31. The number of aromatic nitrogens is 3. The monoisotopic (exact) mass is 345 g/mol. The summed E-state index contributed by atoms with van der Waals surface area (Å²) in [6, 6.07) is -0.944. The van der Waals surface area contributed by atoms with Crippen molar-refractivity contribution in [2.45, 2.75) is 18.6 Å². The molecular weight excluding hydrogens is 335 g/mol. The first-order valence-electron chi connectivity index (χ1n) is 6.40. The molecule has 1 aliphatic heterocycles. The van der Waals surface area contributed by atoms with Crippen LogP contribution in [0.25, 0.3) is 0 Å². The summed E-state index contributed by atoms with van der Waals surface area (Å²) in [7, 11) is 1.24. The molecule has 0 aliphatic carbocycles. The van der Waals surface area contributed by atoms with Crippen molar-refractivity contribution in [1.29, 1.82) is 0 Å². The van der Waals surface area contributed by atoms with Crippen molar-refractivity contribution in [3.63, 3.8) is 0 Å². The fraction of sp³-hybridized carbons (Fsp3) is 0.333. The molecule has 1 saturated heterocycles. The predicted molar refractivity (Wildman–Crippen MR) is 73.8 cm³/mol. The van der Waals surface area contributed by atoms with E-state index >= 15 is 0 Å². The van der Waals surface area contributed by atoms with E-state index in [-0.39, 0.29) is 12.2 Å². The molecule has 3 heterocycles. The minimum atomic E-state index is -4.66. The number of amides is 3. The van der Waals surface area contributed by atoms with E-state index in [2.05, 4.69) is 15.4 Å². The average Bonchev–Trinajstić information content (AvgIpc) is 3.13. The number of carbonyl (C=O) groups is 2. The number of hydrogen-bond acceptors (Lipinski definition) is 5. The highest BCUT2D eigenvalue weighted by Gasteiger charge is 2.43. The number of thiazole rings is 1. The summed E-state index contributed by atoms with van der Waals surface area (Å²) in [5.74, 6) is -0.855. The third-order valence-corrected chi connectivity index (χ3v) is 4.08. The van der Waals surface area contributed by atoms with Gasteiger partial charge in [0.2, 0.25) is 0 Å². The summed E-state index contributed by atoms with van der Waals surface area (Å²) in [5, 5.41) is 5.77. The number of nitrogens with one attached hydrogen (secondary N) is 1. The lowest BCUT2D eigenvalue weighted by atomic mass is 10.2. The summed E-state index contributed by atoms with van der Waals surface area (Å²) in [4.78, 5) is 29.7.